The van der Waals surface area contributed by atoms with E-state index < -0.39 is 0 Å². The molecule has 1 aromatic carbocycles. The number of Topliss-reactive ketones (excluding diaryl/α,β-unsaturated/α-hetero) is 1. The molecule has 0 radical (unpaired) electrons. The zero-order valence-corrected chi connectivity index (χ0v) is 10.6. The van der Waals surface area contributed by atoms with Crippen LogP contribution in [0, 0.1) is 6.92 Å². The first-order valence-electron chi connectivity index (χ1n) is 6.28. The van der Waals surface area contributed by atoms with Gasteiger partial charge in [0.25, 0.3) is 0 Å². The van der Waals surface area contributed by atoms with E-state index in [-0.39, 0.29) is 0 Å². The van der Waals surface area contributed by atoms with Gasteiger partial charge in [0, 0.05) is 36.5 Å². The number of aryl methyl sites for hydroxylation is 2. The standard InChI is InChI=1S/C15H19NO/c1-3-13(17)7-6-10-16-11-12(2)14-8-4-5-9-15(14)16/h4-5,8-9,11H,3,6-7,10H2,1-2H3. The summed E-state index contributed by atoms with van der Waals surface area (Å²) in [6.45, 7) is 4.99. The number of para-hydroxylation sites is 1. The van der Waals surface area contributed by atoms with Gasteiger partial charge in [-0.25, -0.2) is 0 Å². The van der Waals surface area contributed by atoms with E-state index >= 15 is 0 Å². The summed E-state index contributed by atoms with van der Waals surface area (Å²) in [4.78, 5) is 11.3. The lowest BCUT2D eigenvalue weighted by atomic mass is 10.2. The highest BCUT2D eigenvalue weighted by atomic mass is 16.1. The number of carbonyl (C=O) groups excluding carboxylic acids is 1. The Morgan fingerprint density at radius 1 is 1.29 bits per heavy atom. The third kappa shape index (κ3) is 2.57. The third-order valence-electron chi connectivity index (χ3n) is 3.24. The first kappa shape index (κ1) is 11.9. The van der Waals surface area contributed by atoms with E-state index in [0.717, 1.165) is 13.0 Å². The Labute approximate surface area is 102 Å². The Kier molecular flexibility index (Phi) is 3.62. The topological polar surface area (TPSA) is 22.0 Å². The number of fused-ring (bicyclic) bond motifs is 1. The predicted molar refractivity (Wildman–Crippen MR) is 71.2 cm³/mol. The van der Waals surface area contributed by atoms with Crippen LogP contribution in [0.3, 0.4) is 0 Å². The number of aromatic nitrogens is 1. The van der Waals surface area contributed by atoms with Gasteiger partial charge in [0.15, 0.2) is 0 Å². The molecule has 1 aromatic heterocycles. The molecule has 2 rings (SSSR count). The van der Waals surface area contributed by atoms with Crippen molar-refractivity contribution in [1.29, 1.82) is 0 Å². The fourth-order valence-corrected chi connectivity index (χ4v) is 2.24. The zero-order valence-electron chi connectivity index (χ0n) is 10.6. The van der Waals surface area contributed by atoms with Gasteiger partial charge in [-0.05, 0) is 25.0 Å². The maximum atomic E-state index is 11.3. The summed E-state index contributed by atoms with van der Waals surface area (Å²) in [6, 6.07) is 8.43. The van der Waals surface area contributed by atoms with Crippen LogP contribution in [0.1, 0.15) is 31.7 Å². The molecule has 0 unspecified atom stereocenters. The van der Waals surface area contributed by atoms with Gasteiger partial charge in [-0.1, -0.05) is 25.1 Å². The fourth-order valence-electron chi connectivity index (χ4n) is 2.24. The maximum absolute atomic E-state index is 11.3. The van der Waals surface area contributed by atoms with E-state index in [0.29, 0.717) is 18.6 Å². The molecule has 0 fully saturated rings. The summed E-state index contributed by atoms with van der Waals surface area (Å²) in [5, 5.41) is 1.31. The van der Waals surface area contributed by atoms with Crippen molar-refractivity contribution in [3.8, 4) is 0 Å². The lowest BCUT2D eigenvalue weighted by Gasteiger charge is -2.04. The molecule has 0 saturated heterocycles. The van der Waals surface area contributed by atoms with Gasteiger partial charge < -0.3 is 4.57 Å². The second-order valence-corrected chi connectivity index (χ2v) is 4.52. The summed E-state index contributed by atoms with van der Waals surface area (Å²) in [5.41, 5.74) is 2.58. The van der Waals surface area contributed by atoms with E-state index in [1.54, 1.807) is 0 Å². The summed E-state index contributed by atoms with van der Waals surface area (Å²) < 4.78 is 2.26. The van der Waals surface area contributed by atoms with E-state index in [9.17, 15) is 4.79 Å². The zero-order chi connectivity index (χ0) is 12.3. The van der Waals surface area contributed by atoms with Crippen molar-refractivity contribution in [2.75, 3.05) is 0 Å². The second kappa shape index (κ2) is 5.17. The molecule has 2 heteroatoms. The number of benzene rings is 1. The molecular weight excluding hydrogens is 210 g/mol. The van der Waals surface area contributed by atoms with Crippen LogP contribution in [0.2, 0.25) is 0 Å². The van der Waals surface area contributed by atoms with E-state index in [4.69, 9.17) is 0 Å². The van der Waals surface area contributed by atoms with Crippen LogP contribution in [0.25, 0.3) is 10.9 Å². The summed E-state index contributed by atoms with van der Waals surface area (Å²) >= 11 is 0. The minimum atomic E-state index is 0.359. The molecule has 0 spiro atoms. The van der Waals surface area contributed by atoms with E-state index in [1.165, 1.54) is 16.5 Å². The van der Waals surface area contributed by atoms with Crippen molar-refractivity contribution in [2.24, 2.45) is 0 Å². The van der Waals surface area contributed by atoms with Crippen molar-refractivity contribution in [3.05, 3.63) is 36.0 Å². The number of hydrogen-bond donors (Lipinski definition) is 0. The first-order chi connectivity index (χ1) is 8.22. The number of nitrogens with zero attached hydrogens (tertiary/aromatic N) is 1. The summed E-state index contributed by atoms with van der Waals surface area (Å²) in [5.74, 6) is 0.359. The third-order valence-corrected chi connectivity index (χ3v) is 3.24. The van der Waals surface area contributed by atoms with Crippen molar-refractivity contribution in [1.82, 2.24) is 4.57 Å². The average Bonchev–Trinajstić information content (AvgIpc) is 2.67. The highest BCUT2D eigenvalue weighted by Crippen LogP contribution is 2.20. The summed E-state index contributed by atoms with van der Waals surface area (Å²) in [7, 11) is 0. The molecule has 1 heterocycles. The van der Waals surface area contributed by atoms with Crippen molar-refractivity contribution < 1.29 is 4.79 Å². The Morgan fingerprint density at radius 2 is 2.06 bits per heavy atom. The molecule has 0 saturated carbocycles. The minimum Gasteiger partial charge on any atom is -0.347 e. The molecule has 0 aliphatic carbocycles. The normalized spacial score (nSPS) is 10.9. The van der Waals surface area contributed by atoms with Crippen LogP contribution in [0.5, 0.6) is 0 Å². The van der Waals surface area contributed by atoms with E-state index in [1.807, 2.05) is 6.92 Å². The molecule has 0 aliphatic heterocycles. The molecule has 17 heavy (non-hydrogen) atoms. The van der Waals surface area contributed by atoms with Crippen molar-refractivity contribution >= 4 is 16.7 Å². The number of carbonyl (C=O) groups is 1. The van der Waals surface area contributed by atoms with Gasteiger partial charge in [0.1, 0.15) is 5.78 Å². The SMILES string of the molecule is CCC(=O)CCCn1cc(C)c2ccccc21. The van der Waals surface area contributed by atoms with Gasteiger partial charge >= 0.3 is 0 Å². The Balaban J connectivity index is 2.11. The Bertz CT molecular complexity index is 525. The molecular formula is C15H19NO. The largest absolute Gasteiger partial charge is 0.347 e. The van der Waals surface area contributed by atoms with Crippen LogP contribution in [0.15, 0.2) is 30.5 Å². The number of rotatable bonds is 5. The van der Waals surface area contributed by atoms with Gasteiger partial charge in [0.2, 0.25) is 0 Å². The smallest absolute Gasteiger partial charge is 0.132 e. The molecule has 0 amide bonds. The van der Waals surface area contributed by atoms with Crippen LogP contribution < -0.4 is 0 Å². The molecule has 0 N–H and O–H groups in total. The molecule has 0 aliphatic rings. The molecule has 2 nitrogen and oxygen atoms in total. The molecule has 90 valence electrons. The second-order valence-electron chi connectivity index (χ2n) is 4.52. The fraction of sp³-hybridized carbons (Fsp3) is 0.400. The molecule has 2 aromatic rings. The van der Waals surface area contributed by atoms with Crippen LogP contribution in [0.4, 0.5) is 0 Å². The van der Waals surface area contributed by atoms with Crippen LogP contribution in [-0.4, -0.2) is 10.4 Å². The lowest BCUT2D eigenvalue weighted by Crippen LogP contribution is -2.00. The summed E-state index contributed by atoms with van der Waals surface area (Å²) in [6.07, 6.45) is 4.47. The molecule has 0 atom stereocenters. The number of ketones is 1. The van der Waals surface area contributed by atoms with Gasteiger partial charge in [-0.3, -0.25) is 4.79 Å². The number of hydrogen-bond acceptors (Lipinski definition) is 1. The quantitative estimate of drug-likeness (QED) is 0.766. The minimum absolute atomic E-state index is 0.359. The van der Waals surface area contributed by atoms with E-state index in [2.05, 4.69) is 42.0 Å². The molecule has 0 bridgehead atoms. The Morgan fingerprint density at radius 3 is 2.82 bits per heavy atom. The van der Waals surface area contributed by atoms with Gasteiger partial charge in [-0.2, -0.15) is 0 Å². The highest BCUT2D eigenvalue weighted by Gasteiger charge is 2.04. The van der Waals surface area contributed by atoms with Crippen LogP contribution >= 0.6 is 0 Å². The monoisotopic (exact) mass is 229 g/mol. The van der Waals surface area contributed by atoms with Gasteiger partial charge in [-0.15, -0.1) is 0 Å². The van der Waals surface area contributed by atoms with Crippen molar-refractivity contribution in [3.63, 3.8) is 0 Å². The Hall–Kier alpha value is -1.57. The van der Waals surface area contributed by atoms with Crippen LogP contribution in [-0.2, 0) is 11.3 Å². The first-order valence-corrected chi connectivity index (χ1v) is 6.28. The highest BCUT2D eigenvalue weighted by molar-refractivity contribution is 5.83. The maximum Gasteiger partial charge on any atom is 0.132 e. The van der Waals surface area contributed by atoms with Gasteiger partial charge in [0.05, 0.1) is 0 Å². The average molecular weight is 229 g/mol. The lowest BCUT2D eigenvalue weighted by molar-refractivity contribution is -0.118. The van der Waals surface area contributed by atoms with Crippen molar-refractivity contribution in [2.45, 2.75) is 39.7 Å². The predicted octanol–water partition coefficient (Wildman–Crippen LogP) is 3.71.